The molecule has 0 aromatic rings. The quantitative estimate of drug-likeness (QED) is 0.732. The van der Waals surface area contributed by atoms with Gasteiger partial charge in [-0.15, -0.1) is 0 Å². The molecular weight excluding hydrogens is 308 g/mol. The van der Waals surface area contributed by atoms with Crippen molar-refractivity contribution in [2.24, 2.45) is 23.2 Å². The number of hydrogen-bond acceptors (Lipinski definition) is 5. The molecule has 2 saturated heterocycles. The lowest BCUT2D eigenvalue weighted by atomic mass is 9.78. The van der Waals surface area contributed by atoms with Gasteiger partial charge in [-0.1, -0.05) is 0 Å². The Balaban J connectivity index is 1.24. The van der Waals surface area contributed by atoms with E-state index in [4.69, 9.17) is 9.47 Å². The first-order valence-electron chi connectivity index (χ1n) is 9.39. The Morgan fingerprint density at radius 2 is 1.75 bits per heavy atom. The minimum absolute atomic E-state index is 0.0131. The van der Waals surface area contributed by atoms with Crippen LogP contribution < -0.4 is 0 Å². The van der Waals surface area contributed by atoms with E-state index in [1.807, 2.05) is 18.7 Å². The van der Waals surface area contributed by atoms with E-state index >= 15 is 0 Å². The maximum atomic E-state index is 11.9. The standard InChI is InChI=1S/C18H28N2O4/c1-3-23-16(21)15-13-8-19(9-14(13)15)12-5-6-18(7-12)10-20(11-18)17(22)24-4-2/h12-15H,3-11H2,1-2H3/t12?,13-,14+,15?. The molecule has 4 aliphatic rings. The first-order chi connectivity index (χ1) is 11.6. The molecule has 1 amide bonds. The molecule has 0 bridgehead atoms. The lowest BCUT2D eigenvalue weighted by Crippen LogP contribution is -2.57. The Labute approximate surface area is 143 Å². The molecule has 4 atom stereocenters. The molecule has 4 rings (SSSR count). The van der Waals surface area contributed by atoms with Gasteiger partial charge in [0.2, 0.25) is 0 Å². The van der Waals surface area contributed by atoms with E-state index in [1.165, 1.54) is 19.3 Å². The van der Waals surface area contributed by atoms with Crippen molar-refractivity contribution in [3.8, 4) is 0 Å². The van der Waals surface area contributed by atoms with Gasteiger partial charge in [-0.25, -0.2) is 4.79 Å². The van der Waals surface area contributed by atoms with Gasteiger partial charge in [0.15, 0.2) is 0 Å². The highest BCUT2D eigenvalue weighted by molar-refractivity contribution is 5.77. The number of carbonyl (C=O) groups is 2. The highest BCUT2D eigenvalue weighted by atomic mass is 16.6. The second kappa shape index (κ2) is 5.90. The molecule has 0 aromatic carbocycles. The summed E-state index contributed by atoms with van der Waals surface area (Å²) in [7, 11) is 0. The summed E-state index contributed by atoms with van der Waals surface area (Å²) >= 11 is 0. The van der Waals surface area contributed by atoms with E-state index in [0.717, 1.165) is 26.2 Å². The highest BCUT2D eigenvalue weighted by Gasteiger charge is 2.62. The van der Waals surface area contributed by atoms with Crippen molar-refractivity contribution < 1.29 is 19.1 Å². The van der Waals surface area contributed by atoms with Crippen molar-refractivity contribution in [2.75, 3.05) is 39.4 Å². The Bertz CT molecular complexity index is 519. The highest BCUT2D eigenvalue weighted by Crippen LogP contribution is 2.55. The van der Waals surface area contributed by atoms with Crippen LogP contribution in [0.2, 0.25) is 0 Å². The number of hydrogen-bond donors (Lipinski definition) is 0. The molecule has 2 aliphatic carbocycles. The Morgan fingerprint density at radius 3 is 2.38 bits per heavy atom. The summed E-state index contributed by atoms with van der Waals surface area (Å²) in [6, 6.07) is 0.630. The van der Waals surface area contributed by atoms with Crippen LogP contribution in [0.1, 0.15) is 33.1 Å². The SMILES string of the molecule is CCOC(=O)C1[C@H]2CN(C3CCC4(C3)CN(C(=O)OCC)C4)C[C@@H]12. The normalized spacial score (nSPS) is 36.3. The van der Waals surface area contributed by atoms with Gasteiger partial charge < -0.3 is 14.4 Å². The number of ether oxygens (including phenoxy) is 2. The molecule has 24 heavy (non-hydrogen) atoms. The molecule has 6 heteroatoms. The average Bonchev–Trinajstić information content (AvgIpc) is 2.91. The fourth-order valence-electron chi connectivity index (χ4n) is 5.33. The van der Waals surface area contributed by atoms with Crippen LogP contribution in [-0.4, -0.2) is 67.3 Å². The zero-order valence-electron chi connectivity index (χ0n) is 14.7. The van der Waals surface area contributed by atoms with Gasteiger partial charge >= 0.3 is 12.1 Å². The van der Waals surface area contributed by atoms with Crippen LogP contribution in [0.25, 0.3) is 0 Å². The molecule has 6 nitrogen and oxygen atoms in total. The van der Waals surface area contributed by atoms with Gasteiger partial charge in [-0.2, -0.15) is 0 Å². The predicted molar refractivity (Wildman–Crippen MR) is 87.3 cm³/mol. The molecule has 0 aromatic heterocycles. The minimum Gasteiger partial charge on any atom is -0.466 e. The van der Waals surface area contributed by atoms with E-state index < -0.39 is 0 Å². The summed E-state index contributed by atoms with van der Waals surface area (Å²) in [6.07, 6.45) is 3.46. The van der Waals surface area contributed by atoms with Gasteiger partial charge in [0, 0.05) is 37.6 Å². The van der Waals surface area contributed by atoms with Gasteiger partial charge in [0.1, 0.15) is 0 Å². The number of esters is 1. The average molecular weight is 336 g/mol. The van der Waals surface area contributed by atoms with Crippen molar-refractivity contribution in [1.82, 2.24) is 9.80 Å². The second-order valence-electron chi connectivity index (χ2n) is 8.01. The van der Waals surface area contributed by atoms with Crippen molar-refractivity contribution in [1.29, 1.82) is 0 Å². The summed E-state index contributed by atoms with van der Waals surface area (Å²) in [5.41, 5.74) is 0.324. The first-order valence-corrected chi connectivity index (χ1v) is 9.39. The van der Waals surface area contributed by atoms with Crippen LogP contribution in [0.5, 0.6) is 0 Å². The summed E-state index contributed by atoms with van der Waals surface area (Å²) < 4.78 is 10.3. The number of rotatable bonds is 4. The topological polar surface area (TPSA) is 59.1 Å². The number of amides is 1. The van der Waals surface area contributed by atoms with Gasteiger partial charge in [-0.3, -0.25) is 9.69 Å². The Hall–Kier alpha value is -1.30. The number of likely N-dealkylation sites (tertiary alicyclic amines) is 2. The summed E-state index contributed by atoms with van der Waals surface area (Å²) in [4.78, 5) is 28.1. The predicted octanol–water partition coefficient (Wildman–Crippen LogP) is 1.74. The van der Waals surface area contributed by atoms with Crippen LogP contribution in [0.3, 0.4) is 0 Å². The zero-order chi connectivity index (χ0) is 16.9. The fourth-order valence-corrected chi connectivity index (χ4v) is 5.33. The molecule has 4 fully saturated rings. The van der Waals surface area contributed by atoms with Crippen LogP contribution >= 0.6 is 0 Å². The first kappa shape index (κ1) is 16.2. The Kier molecular flexibility index (Phi) is 3.98. The third-order valence-corrected chi connectivity index (χ3v) is 6.55. The summed E-state index contributed by atoms with van der Waals surface area (Å²) in [5.74, 6) is 1.23. The molecule has 2 saturated carbocycles. The van der Waals surface area contributed by atoms with E-state index in [9.17, 15) is 9.59 Å². The fraction of sp³-hybridized carbons (Fsp3) is 0.889. The molecule has 2 unspecified atom stereocenters. The van der Waals surface area contributed by atoms with Gasteiger partial charge in [0.25, 0.3) is 0 Å². The number of fused-ring (bicyclic) bond motifs is 1. The van der Waals surface area contributed by atoms with Crippen molar-refractivity contribution in [2.45, 2.75) is 39.2 Å². The lowest BCUT2D eigenvalue weighted by molar-refractivity contribution is -0.145. The molecule has 2 aliphatic heterocycles. The smallest absolute Gasteiger partial charge is 0.409 e. The van der Waals surface area contributed by atoms with Gasteiger partial charge in [0.05, 0.1) is 19.1 Å². The van der Waals surface area contributed by atoms with Crippen molar-refractivity contribution in [3.63, 3.8) is 0 Å². The van der Waals surface area contributed by atoms with Crippen molar-refractivity contribution >= 4 is 12.1 Å². The molecule has 2 heterocycles. The zero-order valence-corrected chi connectivity index (χ0v) is 14.7. The third kappa shape index (κ3) is 2.59. The molecule has 1 spiro atoms. The van der Waals surface area contributed by atoms with Crippen LogP contribution in [0.4, 0.5) is 4.79 Å². The molecule has 134 valence electrons. The molecule has 0 N–H and O–H groups in total. The summed E-state index contributed by atoms with van der Waals surface area (Å²) in [5, 5.41) is 0. The van der Waals surface area contributed by atoms with Gasteiger partial charge in [-0.05, 0) is 44.9 Å². The summed E-state index contributed by atoms with van der Waals surface area (Å²) in [6.45, 7) is 8.47. The second-order valence-corrected chi connectivity index (χ2v) is 8.01. The van der Waals surface area contributed by atoms with Crippen LogP contribution in [0, 0.1) is 23.2 Å². The Morgan fingerprint density at radius 1 is 1.08 bits per heavy atom. The largest absolute Gasteiger partial charge is 0.466 e. The van der Waals surface area contributed by atoms with Crippen LogP contribution in [-0.2, 0) is 14.3 Å². The van der Waals surface area contributed by atoms with Crippen LogP contribution in [0.15, 0.2) is 0 Å². The number of nitrogens with zero attached hydrogens (tertiary/aromatic N) is 2. The van der Waals surface area contributed by atoms with E-state index in [2.05, 4.69) is 4.90 Å². The number of carbonyl (C=O) groups excluding carboxylic acids is 2. The maximum Gasteiger partial charge on any atom is 0.409 e. The maximum absolute atomic E-state index is 11.9. The van der Waals surface area contributed by atoms with E-state index in [-0.39, 0.29) is 18.0 Å². The van der Waals surface area contributed by atoms with E-state index in [0.29, 0.717) is 36.5 Å². The number of piperidine rings is 1. The molecule has 0 radical (unpaired) electrons. The minimum atomic E-state index is -0.161. The third-order valence-electron chi connectivity index (χ3n) is 6.55. The monoisotopic (exact) mass is 336 g/mol. The van der Waals surface area contributed by atoms with Crippen molar-refractivity contribution in [3.05, 3.63) is 0 Å². The lowest BCUT2D eigenvalue weighted by Gasteiger charge is -2.47. The molecular formula is C18H28N2O4. The van der Waals surface area contributed by atoms with E-state index in [1.54, 1.807) is 0 Å².